The molecule has 1 aromatic carbocycles. The maximum Gasteiger partial charge on any atom is 0.195 e. The maximum absolute atomic E-state index is 12.9. The third kappa shape index (κ3) is 2.12. The predicted octanol–water partition coefficient (Wildman–Crippen LogP) is 3.78. The lowest BCUT2D eigenvalue weighted by Crippen LogP contribution is -1.90. The van der Waals surface area contributed by atoms with Gasteiger partial charge < -0.3 is 10.3 Å². The fourth-order valence-electron chi connectivity index (χ4n) is 1.91. The van der Waals surface area contributed by atoms with Gasteiger partial charge in [-0.15, -0.1) is 0 Å². The lowest BCUT2D eigenvalue weighted by atomic mass is 10.0. The molecule has 4 nitrogen and oxygen atoms in total. The second-order valence-electron chi connectivity index (χ2n) is 4.11. The average Bonchev–Trinajstić information content (AvgIpc) is 2.82. The van der Waals surface area contributed by atoms with Crippen LogP contribution in [0, 0.1) is 5.82 Å². The number of benzene rings is 1. The standard InChI is InChI=1S/C14H9ClFN3O/c15-10-4-2-1-3-9(10)12-13(20-19-14(12)17)11-6-5-8(16)7-18-11/h1-7H,(H2,17,19). The Kier molecular flexibility index (Phi) is 3.12. The highest BCUT2D eigenvalue weighted by Gasteiger charge is 2.20. The van der Waals surface area contributed by atoms with Gasteiger partial charge >= 0.3 is 0 Å². The first-order valence-electron chi connectivity index (χ1n) is 5.79. The highest BCUT2D eigenvalue weighted by molar-refractivity contribution is 6.33. The van der Waals surface area contributed by atoms with Gasteiger partial charge in [0.25, 0.3) is 0 Å². The summed E-state index contributed by atoms with van der Waals surface area (Å²) >= 11 is 6.17. The molecule has 20 heavy (non-hydrogen) atoms. The molecule has 0 bridgehead atoms. The Morgan fingerprint density at radius 1 is 1.15 bits per heavy atom. The van der Waals surface area contributed by atoms with Gasteiger partial charge in [0.05, 0.1) is 11.8 Å². The molecule has 0 amide bonds. The molecule has 0 saturated carbocycles. The van der Waals surface area contributed by atoms with Crippen LogP contribution < -0.4 is 5.73 Å². The number of halogens is 2. The number of hydrogen-bond acceptors (Lipinski definition) is 4. The minimum absolute atomic E-state index is 0.208. The monoisotopic (exact) mass is 289 g/mol. The van der Waals surface area contributed by atoms with Gasteiger partial charge in [-0.1, -0.05) is 35.0 Å². The third-order valence-corrected chi connectivity index (χ3v) is 3.15. The molecule has 2 N–H and O–H groups in total. The SMILES string of the molecule is Nc1noc(-c2ccc(F)cn2)c1-c1ccccc1Cl. The molecule has 100 valence electrons. The van der Waals surface area contributed by atoms with Crippen molar-refractivity contribution in [2.24, 2.45) is 0 Å². The largest absolute Gasteiger partial charge is 0.380 e. The fourth-order valence-corrected chi connectivity index (χ4v) is 2.14. The molecule has 3 rings (SSSR count). The second-order valence-corrected chi connectivity index (χ2v) is 4.52. The van der Waals surface area contributed by atoms with E-state index in [1.54, 1.807) is 12.1 Å². The normalized spacial score (nSPS) is 10.7. The Labute approximate surface area is 119 Å². The Bertz CT molecular complexity index is 755. The van der Waals surface area contributed by atoms with Crippen LogP contribution in [0.1, 0.15) is 0 Å². The first kappa shape index (κ1) is 12.6. The minimum atomic E-state index is -0.430. The van der Waals surface area contributed by atoms with Crippen molar-refractivity contribution in [1.29, 1.82) is 0 Å². The predicted molar refractivity (Wildman–Crippen MR) is 74.6 cm³/mol. The molecular weight excluding hydrogens is 281 g/mol. The van der Waals surface area contributed by atoms with E-state index >= 15 is 0 Å². The summed E-state index contributed by atoms with van der Waals surface area (Å²) in [5.74, 6) is 0.135. The molecular formula is C14H9ClFN3O. The summed E-state index contributed by atoms with van der Waals surface area (Å²) in [5, 5.41) is 4.26. The molecule has 0 aliphatic carbocycles. The Hall–Kier alpha value is -2.40. The fraction of sp³-hybridized carbons (Fsp3) is 0. The highest BCUT2D eigenvalue weighted by Crippen LogP contribution is 2.38. The van der Waals surface area contributed by atoms with Crippen LogP contribution >= 0.6 is 11.6 Å². The molecule has 0 atom stereocenters. The zero-order chi connectivity index (χ0) is 14.1. The minimum Gasteiger partial charge on any atom is -0.380 e. The van der Waals surface area contributed by atoms with E-state index in [1.807, 2.05) is 12.1 Å². The van der Waals surface area contributed by atoms with Crippen LogP contribution in [0.3, 0.4) is 0 Å². The zero-order valence-corrected chi connectivity index (χ0v) is 10.9. The van der Waals surface area contributed by atoms with Crippen molar-refractivity contribution in [3.05, 3.63) is 53.4 Å². The van der Waals surface area contributed by atoms with E-state index in [0.29, 0.717) is 27.6 Å². The number of rotatable bonds is 2. The van der Waals surface area contributed by atoms with Crippen molar-refractivity contribution < 1.29 is 8.91 Å². The van der Waals surface area contributed by atoms with Gasteiger partial charge in [0.1, 0.15) is 11.5 Å². The van der Waals surface area contributed by atoms with Crippen LogP contribution in [-0.4, -0.2) is 10.1 Å². The van der Waals surface area contributed by atoms with Crippen molar-refractivity contribution in [1.82, 2.24) is 10.1 Å². The number of nitrogens with two attached hydrogens (primary N) is 1. The van der Waals surface area contributed by atoms with Crippen molar-refractivity contribution in [2.45, 2.75) is 0 Å². The number of aromatic nitrogens is 2. The van der Waals surface area contributed by atoms with E-state index in [4.69, 9.17) is 21.9 Å². The third-order valence-electron chi connectivity index (χ3n) is 2.82. The van der Waals surface area contributed by atoms with Gasteiger partial charge in [0.2, 0.25) is 0 Å². The van der Waals surface area contributed by atoms with Gasteiger partial charge in [-0.05, 0) is 18.2 Å². The Morgan fingerprint density at radius 3 is 2.65 bits per heavy atom. The van der Waals surface area contributed by atoms with Crippen molar-refractivity contribution in [2.75, 3.05) is 5.73 Å². The Morgan fingerprint density at radius 2 is 1.95 bits per heavy atom. The van der Waals surface area contributed by atoms with Gasteiger partial charge in [-0.25, -0.2) is 9.37 Å². The van der Waals surface area contributed by atoms with E-state index in [-0.39, 0.29) is 5.82 Å². The summed E-state index contributed by atoms with van der Waals surface area (Å²) in [6, 6.07) is 9.97. The quantitative estimate of drug-likeness (QED) is 0.780. The lowest BCUT2D eigenvalue weighted by molar-refractivity contribution is 0.434. The smallest absolute Gasteiger partial charge is 0.195 e. The Balaban J connectivity index is 2.20. The molecule has 0 unspecified atom stereocenters. The number of nitrogen functional groups attached to an aromatic ring is 1. The average molecular weight is 290 g/mol. The molecule has 2 heterocycles. The van der Waals surface area contributed by atoms with Crippen LogP contribution in [0.2, 0.25) is 5.02 Å². The van der Waals surface area contributed by atoms with Crippen molar-refractivity contribution in [3.8, 4) is 22.6 Å². The lowest BCUT2D eigenvalue weighted by Gasteiger charge is -2.04. The number of hydrogen-bond donors (Lipinski definition) is 1. The summed E-state index contributed by atoms with van der Waals surface area (Å²) < 4.78 is 18.2. The van der Waals surface area contributed by atoms with Crippen LogP contribution in [0.5, 0.6) is 0 Å². The first-order valence-corrected chi connectivity index (χ1v) is 6.16. The summed E-state index contributed by atoms with van der Waals surface area (Å²) in [6.45, 7) is 0. The van der Waals surface area contributed by atoms with E-state index in [0.717, 1.165) is 6.20 Å². The summed E-state index contributed by atoms with van der Waals surface area (Å²) in [6.07, 6.45) is 1.10. The van der Waals surface area contributed by atoms with E-state index < -0.39 is 5.82 Å². The van der Waals surface area contributed by atoms with E-state index in [1.165, 1.54) is 12.1 Å². The number of nitrogens with zero attached hydrogens (tertiary/aromatic N) is 2. The highest BCUT2D eigenvalue weighted by atomic mass is 35.5. The molecule has 0 saturated heterocycles. The number of anilines is 1. The second kappa shape index (κ2) is 4.94. The molecule has 0 spiro atoms. The molecule has 2 aromatic heterocycles. The summed E-state index contributed by atoms with van der Waals surface area (Å²) in [7, 11) is 0. The summed E-state index contributed by atoms with van der Waals surface area (Å²) in [4.78, 5) is 3.97. The molecule has 3 aromatic rings. The summed E-state index contributed by atoms with van der Waals surface area (Å²) in [5.41, 5.74) is 7.52. The van der Waals surface area contributed by atoms with E-state index in [2.05, 4.69) is 10.1 Å². The molecule has 0 aliphatic heterocycles. The van der Waals surface area contributed by atoms with Gasteiger partial charge in [0.15, 0.2) is 11.6 Å². The van der Waals surface area contributed by atoms with E-state index in [9.17, 15) is 4.39 Å². The van der Waals surface area contributed by atoms with Crippen LogP contribution in [0.4, 0.5) is 10.2 Å². The molecule has 0 radical (unpaired) electrons. The van der Waals surface area contributed by atoms with Gasteiger partial charge in [-0.3, -0.25) is 0 Å². The van der Waals surface area contributed by atoms with Crippen LogP contribution in [-0.2, 0) is 0 Å². The molecule has 6 heteroatoms. The molecule has 0 aliphatic rings. The first-order chi connectivity index (χ1) is 9.66. The van der Waals surface area contributed by atoms with Gasteiger partial charge in [-0.2, -0.15) is 0 Å². The van der Waals surface area contributed by atoms with Gasteiger partial charge in [0, 0.05) is 10.6 Å². The van der Waals surface area contributed by atoms with Crippen molar-refractivity contribution >= 4 is 17.4 Å². The van der Waals surface area contributed by atoms with Crippen LogP contribution in [0.15, 0.2) is 47.1 Å². The number of pyridine rings is 1. The topological polar surface area (TPSA) is 64.9 Å². The van der Waals surface area contributed by atoms with Crippen molar-refractivity contribution in [3.63, 3.8) is 0 Å². The van der Waals surface area contributed by atoms with Crippen LogP contribution in [0.25, 0.3) is 22.6 Å². The zero-order valence-electron chi connectivity index (χ0n) is 10.2. The molecule has 0 fully saturated rings. The maximum atomic E-state index is 12.9.